The molecule has 0 aliphatic rings. The Balaban J connectivity index is 2.20. The summed E-state index contributed by atoms with van der Waals surface area (Å²) in [5.41, 5.74) is 1.56. The minimum atomic E-state index is -0.993. The van der Waals surface area contributed by atoms with E-state index in [-0.39, 0.29) is 5.57 Å². The summed E-state index contributed by atoms with van der Waals surface area (Å²) >= 11 is 11.9. The van der Waals surface area contributed by atoms with Crippen LogP contribution in [-0.2, 0) is 4.79 Å². The number of benzene rings is 3. The van der Waals surface area contributed by atoms with Crippen molar-refractivity contribution in [3.8, 4) is 0 Å². The number of carboxylic acid groups (broad SMARTS) is 1. The van der Waals surface area contributed by atoms with Crippen molar-refractivity contribution in [2.75, 3.05) is 0 Å². The van der Waals surface area contributed by atoms with Crippen molar-refractivity contribution in [2.24, 2.45) is 0 Å². The van der Waals surface area contributed by atoms with Gasteiger partial charge in [-0.25, -0.2) is 4.79 Å². The van der Waals surface area contributed by atoms with Gasteiger partial charge >= 0.3 is 5.97 Å². The number of carboxylic acids is 1. The van der Waals surface area contributed by atoms with Crippen LogP contribution >= 0.6 is 23.2 Å². The van der Waals surface area contributed by atoms with Gasteiger partial charge in [-0.1, -0.05) is 71.7 Å². The lowest BCUT2D eigenvalue weighted by molar-refractivity contribution is -0.130. The average Bonchev–Trinajstić information content (AvgIpc) is 2.55. The Labute approximate surface area is 143 Å². The van der Waals surface area contributed by atoms with Crippen LogP contribution in [0, 0.1) is 0 Å². The summed E-state index contributed by atoms with van der Waals surface area (Å²) in [6.45, 7) is 0. The summed E-state index contributed by atoms with van der Waals surface area (Å²) < 4.78 is 0. The van der Waals surface area contributed by atoms with Crippen LogP contribution in [0.4, 0.5) is 0 Å². The predicted octanol–water partition coefficient (Wildman–Crippen LogP) is 5.77. The Morgan fingerprint density at radius 1 is 0.913 bits per heavy atom. The highest BCUT2D eigenvalue weighted by atomic mass is 35.5. The molecule has 0 saturated heterocycles. The second kappa shape index (κ2) is 6.45. The van der Waals surface area contributed by atoms with Gasteiger partial charge in [0.2, 0.25) is 0 Å². The summed E-state index contributed by atoms with van der Waals surface area (Å²) in [5, 5.41) is 12.4. The normalized spacial score (nSPS) is 11.7. The lowest BCUT2D eigenvalue weighted by Gasteiger charge is -2.08. The molecule has 0 saturated carbocycles. The molecule has 0 aromatic heterocycles. The number of fused-ring (bicyclic) bond motifs is 1. The van der Waals surface area contributed by atoms with Gasteiger partial charge in [-0.15, -0.1) is 0 Å². The number of hydrogen-bond acceptors (Lipinski definition) is 1. The van der Waals surface area contributed by atoms with Gasteiger partial charge in [-0.05, 0) is 40.1 Å². The van der Waals surface area contributed by atoms with Gasteiger partial charge in [0.1, 0.15) is 0 Å². The molecule has 0 bridgehead atoms. The number of halogens is 2. The molecule has 114 valence electrons. The predicted molar refractivity (Wildman–Crippen MR) is 95.9 cm³/mol. The molecule has 4 heteroatoms. The molecule has 0 unspecified atom stereocenters. The molecule has 3 rings (SSSR count). The lowest BCUT2D eigenvalue weighted by atomic mass is 9.96. The Kier molecular flexibility index (Phi) is 4.37. The maximum atomic E-state index is 11.8. The Bertz CT molecular complexity index is 924. The summed E-state index contributed by atoms with van der Waals surface area (Å²) in [6, 6.07) is 18.3. The second-order valence-electron chi connectivity index (χ2n) is 5.06. The molecule has 23 heavy (non-hydrogen) atoms. The van der Waals surface area contributed by atoms with Crippen molar-refractivity contribution in [3.05, 3.63) is 81.8 Å². The second-order valence-corrected chi connectivity index (χ2v) is 5.88. The highest BCUT2D eigenvalue weighted by Crippen LogP contribution is 2.29. The van der Waals surface area contributed by atoms with Crippen molar-refractivity contribution in [1.82, 2.24) is 0 Å². The summed E-state index contributed by atoms with van der Waals surface area (Å²) in [5.74, 6) is -0.993. The number of carbonyl (C=O) groups is 1. The molecule has 0 heterocycles. The quantitative estimate of drug-likeness (QED) is 0.484. The molecule has 0 atom stereocenters. The van der Waals surface area contributed by atoms with Gasteiger partial charge < -0.3 is 5.11 Å². The van der Waals surface area contributed by atoms with E-state index < -0.39 is 5.97 Å². The van der Waals surface area contributed by atoms with Gasteiger partial charge in [0, 0.05) is 0 Å². The number of hydrogen-bond donors (Lipinski definition) is 1. The lowest BCUT2D eigenvalue weighted by Crippen LogP contribution is -2.00. The van der Waals surface area contributed by atoms with Crippen LogP contribution in [0.3, 0.4) is 0 Å². The van der Waals surface area contributed by atoms with Crippen LogP contribution in [0.2, 0.25) is 10.0 Å². The summed E-state index contributed by atoms with van der Waals surface area (Å²) in [6.07, 6.45) is 1.60. The van der Waals surface area contributed by atoms with E-state index >= 15 is 0 Å². The van der Waals surface area contributed by atoms with Crippen LogP contribution in [0.15, 0.2) is 60.7 Å². The smallest absolute Gasteiger partial charge is 0.336 e. The molecule has 2 nitrogen and oxygen atoms in total. The molecule has 1 N–H and O–H groups in total. The first kappa shape index (κ1) is 15.6. The molecule has 0 spiro atoms. The van der Waals surface area contributed by atoms with Crippen LogP contribution in [0.25, 0.3) is 22.4 Å². The van der Waals surface area contributed by atoms with Crippen molar-refractivity contribution in [1.29, 1.82) is 0 Å². The van der Waals surface area contributed by atoms with Crippen LogP contribution in [-0.4, -0.2) is 11.1 Å². The van der Waals surface area contributed by atoms with Gasteiger partial charge in [0.25, 0.3) is 0 Å². The molecule has 0 amide bonds. The van der Waals surface area contributed by atoms with Crippen LogP contribution < -0.4 is 0 Å². The molecule has 0 radical (unpaired) electrons. The topological polar surface area (TPSA) is 37.3 Å². The van der Waals surface area contributed by atoms with Gasteiger partial charge in [-0.3, -0.25) is 0 Å². The zero-order chi connectivity index (χ0) is 16.4. The van der Waals surface area contributed by atoms with E-state index in [0.717, 1.165) is 10.8 Å². The number of rotatable bonds is 3. The van der Waals surface area contributed by atoms with Crippen LogP contribution in [0.1, 0.15) is 11.1 Å². The first-order chi connectivity index (χ1) is 11.1. The third-order valence-corrected chi connectivity index (χ3v) is 4.30. The van der Waals surface area contributed by atoms with E-state index in [4.69, 9.17) is 23.2 Å². The molecular weight excluding hydrogens is 331 g/mol. The average molecular weight is 343 g/mol. The van der Waals surface area contributed by atoms with Gasteiger partial charge in [0.05, 0.1) is 15.6 Å². The van der Waals surface area contributed by atoms with Crippen molar-refractivity contribution in [2.45, 2.75) is 0 Å². The van der Waals surface area contributed by atoms with E-state index in [1.165, 1.54) is 0 Å². The minimum absolute atomic E-state index is 0.209. The van der Waals surface area contributed by atoms with Gasteiger partial charge in [0.15, 0.2) is 0 Å². The first-order valence-electron chi connectivity index (χ1n) is 6.94. The highest BCUT2D eigenvalue weighted by Gasteiger charge is 2.13. The monoisotopic (exact) mass is 342 g/mol. The minimum Gasteiger partial charge on any atom is -0.478 e. The van der Waals surface area contributed by atoms with E-state index in [2.05, 4.69) is 0 Å². The zero-order valence-corrected chi connectivity index (χ0v) is 13.5. The Morgan fingerprint density at radius 3 is 2.39 bits per heavy atom. The molecule has 3 aromatic rings. The summed E-state index contributed by atoms with van der Waals surface area (Å²) in [7, 11) is 0. The SMILES string of the molecule is O=C(O)/C(=C\c1ccc(Cl)c(Cl)c1)c1cccc2ccccc12. The molecule has 0 fully saturated rings. The first-order valence-corrected chi connectivity index (χ1v) is 7.70. The number of aliphatic carboxylic acids is 1. The molecule has 0 aliphatic carbocycles. The fraction of sp³-hybridized carbons (Fsp3) is 0. The molecular formula is C19H12Cl2O2. The maximum Gasteiger partial charge on any atom is 0.336 e. The fourth-order valence-corrected chi connectivity index (χ4v) is 2.79. The van der Waals surface area contributed by atoms with Crippen LogP contribution in [0.5, 0.6) is 0 Å². The largest absolute Gasteiger partial charge is 0.478 e. The third-order valence-electron chi connectivity index (χ3n) is 3.56. The van der Waals surface area contributed by atoms with Crippen molar-refractivity contribution < 1.29 is 9.90 Å². The Hall–Kier alpha value is -2.29. The fourth-order valence-electron chi connectivity index (χ4n) is 2.48. The molecule has 0 aliphatic heterocycles. The molecule has 3 aromatic carbocycles. The third kappa shape index (κ3) is 3.24. The van der Waals surface area contributed by atoms with E-state index in [1.54, 1.807) is 30.3 Å². The van der Waals surface area contributed by atoms with E-state index in [1.807, 2.05) is 36.4 Å². The Morgan fingerprint density at radius 2 is 1.65 bits per heavy atom. The zero-order valence-electron chi connectivity index (χ0n) is 12.0. The van der Waals surface area contributed by atoms with Crippen molar-refractivity contribution >= 4 is 51.6 Å². The summed E-state index contributed by atoms with van der Waals surface area (Å²) in [4.78, 5) is 11.8. The van der Waals surface area contributed by atoms with E-state index in [9.17, 15) is 9.90 Å². The standard InChI is InChI=1S/C19H12Cl2O2/c20-17-9-8-12(11-18(17)21)10-16(19(22)23)15-7-3-5-13-4-1-2-6-14(13)15/h1-11H,(H,22,23)/b16-10-. The highest BCUT2D eigenvalue weighted by molar-refractivity contribution is 6.42. The van der Waals surface area contributed by atoms with Gasteiger partial charge in [-0.2, -0.15) is 0 Å². The maximum absolute atomic E-state index is 11.8. The van der Waals surface area contributed by atoms with Crippen molar-refractivity contribution in [3.63, 3.8) is 0 Å². The van der Waals surface area contributed by atoms with E-state index in [0.29, 0.717) is 21.2 Å².